The summed E-state index contributed by atoms with van der Waals surface area (Å²) < 4.78 is 25.0. The lowest BCUT2D eigenvalue weighted by atomic mass is 10.1. The highest BCUT2D eigenvalue weighted by atomic mass is 32.2. The Morgan fingerprint density at radius 2 is 2.11 bits per heavy atom. The summed E-state index contributed by atoms with van der Waals surface area (Å²) in [4.78, 5) is 3.13. The third-order valence-electron chi connectivity index (χ3n) is 2.65. The lowest BCUT2D eigenvalue weighted by Gasteiger charge is -2.02. The van der Waals surface area contributed by atoms with E-state index in [0.29, 0.717) is 13.0 Å². The van der Waals surface area contributed by atoms with Gasteiger partial charge in [-0.15, -0.1) is 0 Å². The zero-order valence-electron chi connectivity index (χ0n) is 9.68. The van der Waals surface area contributed by atoms with Gasteiger partial charge in [0.25, 0.3) is 0 Å². The molecule has 0 aliphatic heterocycles. The molecule has 0 aliphatic rings. The summed E-state index contributed by atoms with van der Waals surface area (Å²) in [5, 5.41) is 9.45. The maximum atomic E-state index is 11.3. The minimum absolute atomic E-state index is 0.297. The van der Waals surface area contributed by atoms with Gasteiger partial charge in [-0.05, 0) is 18.1 Å². The maximum absolute atomic E-state index is 11.3. The Labute approximate surface area is 105 Å². The molecule has 1 aromatic carbocycles. The van der Waals surface area contributed by atoms with E-state index in [-0.39, 0.29) is 0 Å². The summed E-state index contributed by atoms with van der Waals surface area (Å²) in [6.07, 6.45) is 2.47. The smallest absolute Gasteiger partial charge is 0.225 e. The molecule has 1 aromatic heterocycles. The van der Waals surface area contributed by atoms with Crippen molar-refractivity contribution < 1.29 is 8.42 Å². The first-order valence-electron chi connectivity index (χ1n) is 5.52. The highest BCUT2D eigenvalue weighted by Gasteiger charge is 2.09. The van der Waals surface area contributed by atoms with Crippen molar-refractivity contribution in [2.24, 2.45) is 0 Å². The number of nitrogens with one attached hydrogen (secondary N) is 2. The summed E-state index contributed by atoms with van der Waals surface area (Å²) in [6, 6.07) is 9.47. The number of hydrogen-bond acceptors (Lipinski definition) is 3. The predicted molar refractivity (Wildman–Crippen MR) is 69.4 cm³/mol. The fraction of sp³-hybridized carbons (Fsp3) is 0.250. The van der Waals surface area contributed by atoms with Crippen molar-refractivity contribution in [3.8, 4) is 6.07 Å². The van der Waals surface area contributed by atoms with E-state index >= 15 is 0 Å². The molecule has 2 N–H and O–H groups in total. The average molecular weight is 263 g/mol. The van der Waals surface area contributed by atoms with Crippen molar-refractivity contribution in [3.05, 3.63) is 36.0 Å². The van der Waals surface area contributed by atoms with Crippen LogP contribution in [0.1, 0.15) is 5.56 Å². The predicted octanol–water partition coefficient (Wildman–Crippen LogP) is 1.15. The first kappa shape index (κ1) is 12.6. The number of aromatic amines is 1. The van der Waals surface area contributed by atoms with E-state index in [2.05, 4.69) is 9.71 Å². The lowest BCUT2D eigenvalue weighted by Crippen LogP contribution is -2.27. The summed E-state index contributed by atoms with van der Waals surface area (Å²) in [6.45, 7) is 0.297. The van der Waals surface area contributed by atoms with Crippen LogP contribution in [-0.4, -0.2) is 25.7 Å². The van der Waals surface area contributed by atoms with E-state index in [1.54, 1.807) is 6.07 Å². The monoisotopic (exact) mass is 263 g/mol. The van der Waals surface area contributed by atoms with Gasteiger partial charge in [0.05, 0.1) is 6.07 Å². The van der Waals surface area contributed by atoms with E-state index in [1.165, 1.54) is 0 Å². The average Bonchev–Trinajstić information content (AvgIpc) is 2.73. The summed E-state index contributed by atoms with van der Waals surface area (Å²) in [5.74, 6) is -0.499. The number of aromatic nitrogens is 1. The minimum atomic E-state index is -3.46. The molecule has 6 heteroatoms. The topological polar surface area (TPSA) is 85.8 Å². The number of hydrogen-bond donors (Lipinski definition) is 2. The molecule has 1 heterocycles. The second-order valence-electron chi connectivity index (χ2n) is 3.92. The number of rotatable bonds is 5. The third kappa shape index (κ3) is 2.88. The van der Waals surface area contributed by atoms with Crippen molar-refractivity contribution in [1.82, 2.24) is 9.71 Å². The van der Waals surface area contributed by atoms with Crippen LogP contribution in [0, 0.1) is 11.3 Å². The van der Waals surface area contributed by atoms with Crippen LogP contribution in [0.2, 0.25) is 0 Å². The molecule has 94 valence electrons. The molecule has 0 bridgehead atoms. The summed E-state index contributed by atoms with van der Waals surface area (Å²) in [5.41, 5.74) is 2.10. The number of sulfonamides is 1. The largest absolute Gasteiger partial charge is 0.361 e. The third-order valence-corrected chi connectivity index (χ3v) is 3.80. The molecule has 0 unspecified atom stereocenters. The second kappa shape index (κ2) is 5.21. The molecule has 0 radical (unpaired) electrons. The van der Waals surface area contributed by atoms with Gasteiger partial charge in [0.1, 0.15) is 0 Å². The molecule has 18 heavy (non-hydrogen) atoms. The van der Waals surface area contributed by atoms with E-state index in [4.69, 9.17) is 5.26 Å². The number of H-pyrrole nitrogens is 1. The normalized spacial score (nSPS) is 11.5. The molecule has 0 saturated heterocycles. The van der Waals surface area contributed by atoms with Crippen LogP contribution in [0.5, 0.6) is 0 Å². The molecule has 0 atom stereocenters. The van der Waals surface area contributed by atoms with Crippen LogP contribution in [0.25, 0.3) is 10.9 Å². The lowest BCUT2D eigenvalue weighted by molar-refractivity contribution is 0.585. The van der Waals surface area contributed by atoms with Crippen molar-refractivity contribution in [1.29, 1.82) is 5.26 Å². The Bertz CT molecular complexity index is 683. The van der Waals surface area contributed by atoms with Gasteiger partial charge in [0.2, 0.25) is 10.0 Å². The van der Waals surface area contributed by atoms with Gasteiger partial charge in [-0.3, -0.25) is 0 Å². The van der Waals surface area contributed by atoms with E-state index in [0.717, 1.165) is 16.5 Å². The Kier molecular flexibility index (Phi) is 3.65. The first-order chi connectivity index (χ1) is 8.62. The van der Waals surface area contributed by atoms with Gasteiger partial charge in [-0.1, -0.05) is 18.2 Å². The maximum Gasteiger partial charge on any atom is 0.225 e. The Balaban J connectivity index is 2.01. The molecule has 5 nitrogen and oxygen atoms in total. The summed E-state index contributed by atoms with van der Waals surface area (Å²) >= 11 is 0. The Morgan fingerprint density at radius 3 is 2.89 bits per heavy atom. The number of nitriles is 1. The fourth-order valence-corrected chi connectivity index (χ4v) is 2.50. The zero-order chi connectivity index (χ0) is 13.0. The molecule has 2 aromatic rings. The van der Waals surface area contributed by atoms with Crippen LogP contribution >= 0.6 is 0 Å². The Morgan fingerprint density at radius 1 is 1.33 bits per heavy atom. The van der Waals surface area contributed by atoms with Gasteiger partial charge >= 0.3 is 0 Å². The van der Waals surface area contributed by atoms with Crippen LogP contribution in [0.4, 0.5) is 0 Å². The zero-order valence-corrected chi connectivity index (χ0v) is 10.5. The van der Waals surface area contributed by atoms with Crippen LogP contribution in [0.3, 0.4) is 0 Å². The van der Waals surface area contributed by atoms with Crippen molar-refractivity contribution in [2.75, 3.05) is 12.3 Å². The summed E-state index contributed by atoms with van der Waals surface area (Å²) in [7, 11) is -3.46. The molecule has 0 aliphatic carbocycles. The molecule has 0 spiro atoms. The second-order valence-corrected chi connectivity index (χ2v) is 5.73. The molecule has 0 amide bonds. The molecule has 0 fully saturated rings. The number of benzene rings is 1. The molecule has 2 rings (SSSR count). The van der Waals surface area contributed by atoms with Crippen LogP contribution < -0.4 is 4.72 Å². The van der Waals surface area contributed by atoms with Crippen molar-refractivity contribution in [2.45, 2.75) is 6.42 Å². The van der Waals surface area contributed by atoms with E-state index < -0.39 is 15.8 Å². The number of nitrogens with zero attached hydrogens (tertiary/aromatic N) is 1. The van der Waals surface area contributed by atoms with Crippen molar-refractivity contribution in [3.63, 3.8) is 0 Å². The van der Waals surface area contributed by atoms with Gasteiger partial charge < -0.3 is 4.98 Å². The van der Waals surface area contributed by atoms with Gasteiger partial charge in [0, 0.05) is 23.6 Å². The fourth-order valence-electron chi connectivity index (χ4n) is 1.82. The number of para-hydroxylation sites is 1. The van der Waals surface area contributed by atoms with E-state index in [9.17, 15) is 8.42 Å². The molecule has 0 saturated carbocycles. The minimum Gasteiger partial charge on any atom is -0.361 e. The number of fused-ring (bicyclic) bond motifs is 1. The Hall–Kier alpha value is -1.84. The van der Waals surface area contributed by atoms with Gasteiger partial charge in [0.15, 0.2) is 5.75 Å². The van der Waals surface area contributed by atoms with Crippen LogP contribution in [0.15, 0.2) is 30.5 Å². The quantitative estimate of drug-likeness (QED) is 0.848. The standard InChI is InChI=1S/C12H13N3O2S/c13-6-8-18(16,17)15-7-5-10-9-14-12-4-2-1-3-11(10)12/h1-4,9,14-15H,5,7-8H2. The highest BCUT2D eigenvalue weighted by Crippen LogP contribution is 2.17. The van der Waals surface area contributed by atoms with Gasteiger partial charge in [-0.2, -0.15) is 5.26 Å². The van der Waals surface area contributed by atoms with Gasteiger partial charge in [-0.25, -0.2) is 13.1 Å². The van der Waals surface area contributed by atoms with Crippen LogP contribution in [-0.2, 0) is 16.4 Å². The molecular formula is C12H13N3O2S. The first-order valence-corrected chi connectivity index (χ1v) is 7.17. The van der Waals surface area contributed by atoms with E-state index in [1.807, 2.05) is 30.5 Å². The SMILES string of the molecule is N#CCS(=O)(=O)NCCc1c[nH]c2ccccc12. The molecular weight excluding hydrogens is 250 g/mol. The van der Waals surface area contributed by atoms with Crippen molar-refractivity contribution >= 4 is 20.9 Å². The highest BCUT2D eigenvalue weighted by molar-refractivity contribution is 7.89.